The highest BCUT2D eigenvalue weighted by Gasteiger charge is 2.30. The van der Waals surface area contributed by atoms with Crippen LogP contribution in [0.4, 0.5) is 10.5 Å². The number of carbonyl (C=O) groups excluding carboxylic acids is 3. The van der Waals surface area contributed by atoms with Crippen LogP contribution in [0.15, 0.2) is 18.2 Å². The number of anilines is 1. The Balaban J connectivity index is 1.98. The third-order valence-corrected chi connectivity index (χ3v) is 4.15. The highest BCUT2D eigenvalue weighted by molar-refractivity contribution is 5.96. The molecule has 130 valence electrons. The molecule has 0 saturated carbocycles. The molecule has 1 heterocycles. The molecule has 0 bridgehead atoms. The zero-order chi connectivity index (χ0) is 17.7. The number of nitrogens with zero attached hydrogens (tertiary/aromatic N) is 1. The van der Waals surface area contributed by atoms with Gasteiger partial charge < -0.3 is 20.9 Å². The molecular weight excluding hydrogens is 308 g/mol. The van der Waals surface area contributed by atoms with E-state index in [1.165, 1.54) is 0 Å². The molecule has 3 N–H and O–H groups in total. The van der Waals surface area contributed by atoms with Crippen LogP contribution in [-0.2, 0) is 4.79 Å². The lowest BCUT2D eigenvalue weighted by molar-refractivity contribution is -0.124. The second-order valence-corrected chi connectivity index (χ2v) is 5.87. The average molecular weight is 332 g/mol. The van der Waals surface area contributed by atoms with Crippen molar-refractivity contribution in [3.63, 3.8) is 0 Å². The van der Waals surface area contributed by atoms with E-state index in [0.29, 0.717) is 37.3 Å². The molecule has 2 rings (SSSR count). The van der Waals surface area contributed by atoms with E-state index in [-0.39, 0.29) is 23.8 Å². The Morgan fingerprint density at radius 2 is 2.04 bits per heavy atom. The van der Waals surface area contributed by atoms with Crippen LogP contribution in [-0.4, -0.2) is 49.4 Å². The van der Waals surface area contributed by atoms with Crippen LogP contribution in [0, 0.1) is 12.8 Å². The van der Waals surface area contributed by atoms with Crippen LogP contribution in [0.1, 0.15) is 29.3 Å². The maximum Gasteiger partial charge on any atom is 0.321 e. The second kappa shape index (κ2) is 7.81. The Morgan fingerprint density at radius 1 is 1.29 bits per heavy atom. The van der Waals surface area contributed by atoms with Gasteiger partial charge in [0.2, 0.25) is 5.91 Å². The van der Waals surface area contributed by atoms with Gasteiger partial charge in [-0.2, -0.15) is 0 Å². The topological polar surface area (TPSA) is 90.5 Å². The molecule has 24 heavy (non-hydrogen) atoms. The quantitative estimate of drug-likeness (QED) is 0.777. The molecule has 1 unspecified atom stereocenters. The fraction of sp³-hybridized carbons (Fsp3) is 0.471. The van der Waals surface area contributed by atoms with E-state index in [4.69, 9.17) is 0 Å². The van der Waals surface area contributed by atoms with Gasteiger partial charge >= 0.3 is 6.03 Å². The summed E-state index contributed by atoms with van der Waals surface area (Å²) in [6, 6.07) is 4.89. The SMILES string of the molecule is CCNC(=O)C1CCN(C(=O)Nc2ccc(C(=O)NC)cc2C)C1. The first-order valence-corrected chi connectivity index (χ1v) is 8.12. The fourth-order valence-corrected chi connectivity index (χ4v) is 2.76. The van der Waals surface area contributed by atoms with Crippen molar-refractivity contribution in [1.82, 2.24) is 15.5 Å². The van der Waals surface area contributed by atoms with Crippen molar-refractivity contribution < 1.29 is 14.4 Å². The van der Waals surface area contributed by atoms with Crippen molar-refractivity contribution >= 4 is 23.5 Å². The van der Waals surface area contributed by atoms with Gasteiger partial charge in [-0.3, -0.25) is 9.59 Å². The summed E-state index contributed by atoms with van der Waals surface area (Å²) in [5.74, 6) is -0.313. The highest BCUT2D eigenvalue weighted by atomic mass is 16.2. The van der Waals surface area contributed by atoms with Crippen molar-refractivity contribution in [1.29, 1.82) is 0 Å². The standard InChI is InChI=1S/C17H24N4O3/c1-4-19-16(23)13-7-8-21(10-13)17(24)20-14-6-5-12(9-11(14)2)15(22)18-3/h5-6,9,13H,4,7-8,10H2,1-3H3,(H,18,22)(H,19,23)(H,20,24). The summed E-state index contributed by atoms with van der Waals surface area (Å²) < 4.78 is 0. The molecule has 1 atom stereocenters. The number of hydrogen-bond donors (Lipinski definition) is 3. The largest absolute Gasteiger partial charge is 0.356 e. The molecule has 0 spiro atoms. The molecule has 0 aliphatic carbocycles. The van der Waals surface area contributed by atoms with E-state index in [9.17, 15) is 14.4 Å². The number of urea groups is 1. The molecule has 1 aromatic carbocycles. The molecular formula is C17H24N4O3. The molecule has 7 heteroatoms. The number of rotatable bonds is 4. The van der Waals surface area contributed by atoms with Crippen molar-refractivity contribution in [3.05, 3.63) is 29.3 Å². The Kier molecular flexibility index (Phi) is 5.78. The van der Waals surface area contributed by atoms with Gasteiger partial charge in [0, 0.05) is 37.9 Å². The van der Waals surface area contributed by atoms with Crippen LogP contribution in [0.2, 0.25) is 0 Å². The lowest BCUT2D eigenvalue weighted by Gasteiger charge is -2.18. The van der Waals surface area contributed by atoms with Gasteiger partial charge in [0.1, 0.15) is 0 Å². The molecule has 1 fully saturated rings. The number of nitrogens with one attached hydrogen (secondary N) is 3. The summed E-state index contributed by atoms with van der Waals surface area (Å²) in [5.41, 5.74) is 2.02. The third-order valence-electron chi connectivity index (χ3n) is 4.15. The summed E-state index contributed by atoms with van der Waals surface area (Å²) in [6.45, 7) is 5.29. The Labute approximate surface area is 141 Å². The number of carbonyl (C=O) groups is 3. The molecule has 1 aliphatic heterocycles. The Bertz CT molecular complexity index is 645. The van der Waals surface area contributed by atoms with Crippen LogP contribution in [0.5, 0.6) is 0 Å². The minimum atomic E-state index is -0.224. The normalized spacial score (nSPS) is 16.6. The summed E-state index contributed by atoms with van der Waals surface area (Å²) in [5, 5.41) is 8.21. The molecule has 4 amide bonds. The first kappa shape index (κ1) is 17.8. The van der Waals surface area contributed by atoms with Gasteiger partial charge in [0.25, 0.3) is 5.91 Å². The van der Waals surface area contributed by atoms with Crippen LogP contribution >= 0.6 is 0 Å². The van der Waals surface area contributed by atoms with Crippen molar-refractivity contribution in [3.8, 4) is 0 Å². The van der Waals surface area contributed by atoms with Gasteiger partial charge in [0.05, 0.1) is 5.92 Å². The van der Waals surface area contributed by atoms with Gasteiger partial charge in [-0.1, -0.05) is 0 Å². The Hall–Kier alpha value is -2.57. The fourth-order valence-electron chi connectivity index (χ4n) is 2.76. The lowest BCUT2D eigenvalue weighted by atomic mass is 10.1. The van der Waals surface area contributed by atoms with Crippen LogP contribution < -0.4 is 16.0 Å². The highest BCUT2D eigenvalue weighted by Crippen LogP contribution is 2.20. The zero-order valence-corrected chi connectivity index (χ0v) is 14.3. The summed E-state index contributed by atoms with van der Waals surface area (Å²) >= 11 is 0. The predicted molar refractivity (Wildman–Crippen MR) is 92.0 cm³/mol. The smallest absolute Gasteiger partial charge is 0.321 e. The van der Waals surface area contributed by atoms with E-state index < -0.39 is 0 Å². The summed E-state index contributed by atoms with van der Waals surface area (Å²) in [7, 11) is 1.58. The number of benzene rings is 1. The number of aryl methyl sites for hydroxylation is 1. The van der Waals surface area contributed by atoms with Gasteiger partial charge in [-0.15, -0.1) is 0 Å². The molecule has 0 radical (unpaired) electrons. The van der Waals surface area contributed by atoms with E-state index >= 15 is 0 Å². The Morgan fingerprint density at radius 3 is 2.67 bits per heavy atom. The van der Waals surface area contributed by atoms with Gasteiger partial charge in [-0.25, -0.2) is 4.79 Å². The number of hydrogen-bond acceptors (Lipinski definition) is 3. The molecule has 0 aromatic heterocycles. The maximum absolute atomic E-state index is 12.4. The molecule has 1 aromatic rings. The number of amides is 4. The molecule has 1 aliphatic rings. The molecule has 7 nitrogen and oxygen atoms in total. The molecule has 1 saturated heterocycles. The van der Waals surface area contributed by atoms with Crippen LogP contribution in [0.25, 0.3) is 0 Å². The first-order valence-electron chi connectivity index (χ1n) is 8.12. The summed E-state index contributed by atoms with van der Waals surface area (Å²) in [6.07, 6.45) is 0.674. The lowest BCUT2D eigenvalue weighted by Crippen LogP contribution is -2.36. The maximum atomic E-state index is 12.4. The van der Waals surface area contributed by atoms with Gasteiger partial charge in [-0.05, 0) is 44.0 Å². The monoisotopic (exact) mass is 332 g/mol. The zero-order valence-electron chi connectivity index (χ0n) is 14.3. The van der Waals surface area contributed by atoms with E-state index in [1.54, 1.807) is 30.1 Å². The van der Waals surface area contributed by atoms with Crippen molar-refractivity contribution in [2.45, 2.75) is 20.3 Å². The minimum Gasteiger partial charge on any atom is -0.356 e. The number of likely N-dealkylation sites (tertiary alicyclic amines) is 1. The minimum absolute atomic E-state index is 0.00101. The van der Waals surface area contributed by atoms with E-state index in [1.807, 2.05) is 13.8 Å². The average Bonchev–Trinajstić information content (AvgIpc) is 3.06. The first-order chi connectivity index (χ1) is 11.5. The summed E-state index contributed by atoms with van der Waals surface area (Å²) in [4.78, 5) is 37.5. The van der Waals surface area contributed by atoms with Crippen molar-refractivity contribution in [2.24, 2.45) is 5.92 Å². The van der Waals surface area contributed by atoms with Gasteiger partial charge in [0.15, 0.2) is 0 Å². The second-order valence-electron chi connectivity index (χ2n) is 5.87. The van der Waals surface area contributed by atoms with E-state index in [0.717, 1.165) is 5.56 Å². The van der Waals surface area contributed by atoms with E-state index in [2.05, 4.69) is 16.0 Å². The van der Waals surface area contributed by atoms with Crippen LogP contribution in [0.3, 0.4) is 0 Å². The van der Waals surface area contributed by atoms with Crippen molar-refractivity contribution in [2.75, 3.05) is 32.0 Å². The third kappa shape index (κ3) is 4.04. The predicted octanol–water partition coefficient (Wildman–Crippen LogP) is 1.34.